The van der Waals surface area contributed by atoms with Crippen LogP contribution in [0.2, 0.25) is 0 Å². The number of hydrogen-bond acceptors (Lipinski definition) is 6. The van der Waals surface area contributed by atoms with Crippen LogP contribution in [0.15, 0.2) is 36.7 Å². The van der Waals surface area contributed by atoms with Gasteiger partial charge in [0.1, 0.15) is 12.4 Å². The van der Waals surface area contributed by atoms with Crippen molar-refractivity contribution in [3.63, 3.8) is 0 Å². The number of nitro groups is 1. The van der Waals surface area contributed by atoms with Crippen molar-refractivity contribution >= 4 is 23.3 Å². The highest BCUT2D eigenvalue weighted by atomic mass is 16.6. The molecule has 0 unspecified atom stereocenters. The number of aromatic carboxylic acids is 1. The number of nitrogens with one attached hydrogen (secondary N) is 1. The van der Waals surface area contributed by atoms with Crippen LogP contribution in [0.4, 0.5) is 17.3 Å². The lowest BCUT2D eigenvalue weighted by Crippen LogP contribution is -1.99. The molecule has 0 bridgehead atoms. The fraction of sp³-hybridized carbons (Fsp3) is 0. The van der Waals surface area contributed by atoms with Crippen molar-refractivity contribution in [1.82, 2.24) is 9.97 Å². The maximum absolute atomic E-state index is 10.7. The number of carbonyl (C=O) groups is 1. The molecule has 0 amide bonds. The Morgan fingerprint density at radius 2 is 1.79 bits per heavy atom. The van der Waals surface area contributed by atoms with Crippen molar-refractivity contribution in [2.45, 2.75) is 0 Å². The van der Waals surface area contributed by atoms with Crippen molar-refractivity contribution < 1.29 is 14.8 Å². The van der Waals surface area contributed by atoms with Gasteiger partial charge in [-0.05, 0) is 24.3 Å². The predicted octanol–water partition coefficient (Wildman–Crippen LogP) is 1.83. The molecule has 0 aliphatic heterocycles. The van der Waals surface area contributed by atoms with E-state index in [9.17, 15) is 14.9 Å². The maximum atomic E-state index is 10.7. The molecule has 0 saturated carbocycles. The molecule has 2 aromatic rings. The summed E-state index contributed by atoms with van der Waals surface area (Å²) in [5.41, 5.74) is 0.542. The van der Waals surface area contributed by atoms with Gasteiger partial charge in [0.25, 0.3) is 0 Å². The van der Waals surface area contributed by atoms with E-state index < -0.39 is 10.9 Å². The molecule has 1 aromatic carbocycles. The molecular weight excluding hydrogens is 252 g/mol. The van der Waals surface area contributed by atoms with Gasteiger partial charge in [-0.1, -0.05) is 0 Å². The summed E-state index contributed by atoms with van der Waals surface area (Å²) in [5.74, 6) is -0.827. The Balaban J connectivity index is 2.12. The van der Waals surface area contributed by atoms with Crippen LogP contribution in [0.1, 0.15) is 10.4 Å². The molecule has 0 saturated heterocycles. The largest absolute Gasteiger partial charge is 0.478 e. The van der Waals surface area contributed by atoms with Gasteiger partial charge in [0.15, 0.2) is 0 Å². The van der Waals surface area contributed by atoms with Crippen LogP contribution < -0.4 is 5.32 Å². The van der Waals surface area contributed by atoms with Gasteiger partial charge in [0.2, 0.25) is 5.95 Å². The molecule has 8 heteroatoms. The summed E-state index contributed by atoms with van der Waals surface area (Å²) in [6, 6.07) is 5.95. The fourth-order valence-electron chi connectivity index (χ4n) is 1.31. The molecule has 8 nitrogen and oxygen atoms in total. The van der Waals surface area contributed by atoms with Gasteiger partial charge in [-0.2, -0.15) is 0 Å². The maximum Gasteiger partial charge on any atom is 0.335 e. The summed E-state index contributed by atoms with van der Waals surface area (Å²) < 4.78 is 0. The van der Waals surface area contributed by atoms with Gasteiger partial charge in [-0.25, -0.2) is 14.8 Å². The molecule has 2 N–H and O–H groups in total. The first-order chi connectivity index (χ1) is 9.06. The quantitative estimate of drug-likeness (QED) is 0.635. The average molecular weight is 260 g/mol. The summed E-state index contributed by atoms with van der Waals surface area (Å²) in [6.07, 6.45) is 2.17. The lowest BCUT2D eigenvalue weighted by Gasteiger charge is -2.04. The van der Waals surface area contributed by atoms with E-state index in [-0.39, 0.29) is 17.2 Å². The first-order valence-electron chi connectivity index (χ1n) is 5.13. The van der Waals surface area contributed by atoms with Crippen LogP contribution in [-0.2, 0) is 0 Å². The summed E-state index contributed by atoms with van der Waals surface area (Å²) in [5, 5.41) is 22.0. The van der Waals surface area contributed by atoms with E-state index in [0.717, 1.165) is 12.4 Å². The highest BCUT2D eigenvalue weighted by Crippen LogP contribution is 2.15. The minimum absolute atomic E-state index is 0.162. The molecule has 96 valence electrons. The monoisotopic (exact) mass is 260 g/mol. The van der Waals surface area contributed by atoms with Gasteiger partial charge in [0.05, 0.1) is 10.5 Å². The van der Waals surface area contributed by atoms with Crippen molar-refractivity contribution in [2.75, 3.05) is 5.32 Å². The average Bonchev–Trinajstić information content (AvgIpc) is 2.40. The Morgan fingerprint density at radius 1 is 1.21 bits per heavy atom. The van der Waals surface area contributed by atoms with E-state index in [1.165, 1.54) is 12.1 Å². The van der Waals surface area contributed by atoms with Crippen molar-refractivity contribution in [3.05, 3.63) is 52.3 Å². The number of carboxylic acids is 1. The second kappa shape index (κ2) is 5.08. The normalized spacial score (nSPS) is 9.89. The predicted molar refractivity (Wildman–Crippen MR) is 65.4 cm³/mol. The second-order valence-corrected chi connectivity index (χ2v) is 3.53. The van der Waals surface area contributed by atoms with Crippen LogP contribution in [-0.4, -0.2) is 26.0 Å². The summed E-state index contributed by atoms with van der Waals surface area (Å²) in [4.78, 5) is 28.0. The molecule has 0 aliphatic rings. The minimum Gasteiger partial charge on any atom is -0.478 e. The van der Waals surface area contributed by atoms with Crippen LogP contribution in [0.3, 0.4) is 0 Å². The molecular formula is C11H8N4O4. The molecule has 0 radical (unpaired) electrons. The molecule has 0 aliphatic carbocycles. The van der Waals surface area contributed by atoms with E-state index >= 15 is 0 Å². The summed E-state index contributed by atoms with van der Waals surface area (Å²) in [6.45, 7) is 0. The van der Waals surface area contributed by atoms with Crippen molar-refractivity contribution in [3.8, 4) is 0 Å². The van der Waals surface area contributed by atoms with Gasteiger partial charge < -0.3 is 10.4 Å². The third-order valence-electron chi connectivity index (χ3n) is 2.24. The second-order valence-electron chi connectivity index (χ2n) is 3.53. The molecule has 19 heavy (non-hydrogen) atoms. The topological polar surface area (TPSA) is 118 Å². The highest BCUT2D eigenvalue weighted by molar-refractivity contribution is 5.88. The van der Waals surface area contributed by atoms with Gasteiger partial charge in [-0.3, -0.25) is 10.1 Å². The molecule has 0 spiro atoms. The first kappa shape index (κ1) is 12.4. The Kier molecular flexibility index (Phi) is 3.33. The lowest BCUT2D eigenvalue weighted by molar-refractivity contribution is -0.385. The molecule has 2 rings (SSSR count). The Morgan fingerprint density at radius 3 is 2.26 bits per heavy atom. The van der Waals surface area contributed by atoms with Crippen LogP contribution in [0.5, 0.6) is 0 Å². The number of aromatic nitrogens is 2. The third kappa shape index (κ3) is 3.00. The van der Waals surface area contributed by atoms with Gasteiger partial charge >= 0.3 is 11.7 Å². The number of nitrogens with zero attached hydrogens (tertiary/aromatic N) is 3. The van der Waals surface area contributed by atoms with E-state index in [4.69, 9.17) is 5.11 Å². The molecule has 0 atom stereocenters. The van der Waals surface area contributed by atoms with E-state index in [2.05, 4.69) is 15.3 Å². The van der Waals surface area contributed by atoms with Crippen LogP contribution in [0, 0.1) is 10.1 Å². The number of rotatable bonds is 4. The van der Waals surface area contributed by atoms with Crippen molar-refractivity contribution in [2.24, 2.45) is 0 Å². The van der Waals surface area contributed by atoms with E-state index in [1.54, 1.807) is 12.1 Å². The fourth-order valence-corrected chi connectivity index (χ4v) is 1.31. The number of benzene rings is 1. The molecule has 1 aromatic heterocycles. The number of carboxylic acid groups (broad SMARTS) is 1. The number of anilines is 2. The smallest absolute Gasteiger partial charge is 0.335 e. The van der Waals surface area contributed by atoms with Gasteiger partial charge in [-0.15, -0.1) is 0 Å². The Bertz CT molecular complexity index is 554. The summed E-state index contributed by atoms with van der Waals surface area (Å²) >= 11 is 0. The standard InChI is InChI=1S/C11H8N4O4/c16-10(17)7-1-3-8(4-2-7)14-11-12-5-9(6-13-11)15(18)19/h1-6H,(H,16,17)(H,12,13,14). The Labute approximate surface area is 106 Å². The highest BCUT2D eigenvalue weighted by Gasteiger charge is 2.07. The zero-order valence-electron chi connectivity index (χ0n) is 9.48. The van der Waals surface area contributed by atoms with Gasteiger partial charge in [0, 0.05) is 5.69 Å². The van der Waals surface area contributed by atoms with E-state index in [1.807, 2.05) is 0 Å². The minimum atomic E-state index is -1.02. The zero-order chi connectivity index (χ0) is 13.8. The third-order valence-corrected chi connectivity index (χ3v) is 2.24. The molecule has 0 fully saturated rings. The van der Waals surface area contributed by atoms with E-state index in [0.29, 0.717) is 5.69 Å². The number of hydrogen-bond donors (Lipinski definition) is 2. The summed E-state index contributed by atoms with van der Waals surface area (Å²) in [7, 11) is 0. The van der Waals surface area contributed by atoms with Crippen molar-refractivity contribution in [1.29, 1.82) is 0 Å². The first-order valence-corrected chi connectivity index (χ1v) is 5.13. The lowest BCUT2D eigenvalue weighted by atomic mass is 10.2. The SMILES string of the molecule is O=C(O)c1ccc(Nc2ncc([N+](=O)[O-])cn2)cc1. The Hall–Kier alpha value is -3.03. The van der Waals surface area contributed by atoms with Crippen LogP contribution in [0.25, 0.3) is 0 Å². The molecule has 1 heterocycles. The zero-order valence-corrected chi connectivity index (χ0v) is 9.48. The van der Waals surface area contributed by atoms with Crippen LogP contribution >= 0.6 is 0 Å².